The van der Waals surface area contributed by atoms with Crippen LogP contribution in [-0.4, -0.2) is 18.4 Å². The summed E-state index contributed by atoms with van der Waals surface area (Å²) < 4.78 is 39.1. The van der Waals surface area contributed by atoms with E-state index >= 15 is 0 Å². The van der Waals surface area contributed by atoms with Gasteiger partial charge in [-0.2, -0.15) is 13.2 Å². The van der Waals surface area contributed by atoms with Crippen LogP contribution in [0.3, 0.4) is 0 Å². The van der Waals surface area contributed by atoms with Crippen molar-refractivity contribution in [3.8, 4) is 0 Å². The van der Waals surface area contributed by atoms with Crippen molar-refractivity contribution in [2.24, 2.45) is 0 Å². The quantitative estimate of drug-likeness (QED) is 0.772. The summed E-state index contributed by atoms with van der Waals surface area (Å²) in [5.41, 5.74) is 1.85. The van der Waals surface area contributed by atoms with Crippen molar-refractivity contribution in [1.82, 2.24) is 5.32 Å². The monoisotopic (exact) mass is 404 g/mol. The fraction of sp³-hybridized carbons (Fsp3) is 0.364. The van der Waals surface area contributed by atoms with E-state index in [9.17, 15) is 22.8 Å². The third-order valence-corrected chi connectivity index (χ3v) is 5.12. The highest BCUT2D eigenvalue weighted by molar-refractivity contribution is 5.98. The number of amides is 2. The first-order valence-corrected chi connectivity index (χ1v) is 9.59. The summed E-state index contributed by atoms with van der Waals surface area (Å²) in [5.74, 6) is -0.390. The van der Waals surface area contributed by atoms with Gasteiger partial charge in [0.15, 0.2) is 0 Å². The van der Waals surface area contributed by atoms with Gasteiger partial charge in [-0.3, -0.25) is 9.59 Å². The van der Waals surface area contributed by atoms with Gasteiger partial charge in [0, 0.05) is 24.7 Å². The van der Waals surface area contributed by atoms with Crippen molar-refractivity contribution in [1.29, 1.82) is 0 Å². The van der Waals surface area contributed by atoms with Gasteiger partial charge in [-0.15, -0.1) is 0 Å². The molecule has 154 valence electrons. The summed E-state index contributed by atoms with van der Waals surface area (Å²) in [6.07, 6.45) is -2.53. The number of carbonyl (C=O) groups is 2. The molecule has 0 aliphatic carbocycles. The predicted molar refractivity (Wildman–Crippen MR) is 105 cm³/mol. The Morgan fingerprint density at radius 1 is 1.17 bits per heavy atom. The molecule has 7 heteroatoms. The van der Waals surface area contributed by atoms with Gasteiger partial charge >= 0.3 is 6.18 Å². The molecule has 0 spiro atoms. The summed E-state index contributed by atoms with van der Waals surface area (Å²) in [6.45, 7) is 4.00. The minimum atomic E-state index is -4.43. The van der Waals surface area contributed by atoms with Gasteiger partial charge in [0.25, 0.3) is 5.91 Å². The molecule has 0 aromatic heterocycles. The van der Waals surface area contributed by atoms with Gasteiger partial charge in [0.05, 0.1) is 11.6 Å². The van der Waals surface area contributed by atoms with Gasteiger partial charge in [-0.05, 0) is 54.3 Å². The van der Waals surface area contributed by atoms with Gasteiger partial charge in [-0.25, -0.2) is 0 Å². The van der Waals surface area contributed by atoms with Crippen LogP contribution in [0.4, 0.5) is 18.9 Å². The molecule has 2 amide bonds. The van der Waals surface area contributed by atoms with E-state index in [1.807, 2.05) is 6.92 Å². The number of halogens is 3. The second-order valence-corrected chi connectivity index (χ2v) is 7.20. The van der Waals surface area contributed by atoms with Gasteiger partial charge in [0.2, 0.25) is 5.91 Å². The lowest BCUT2D eigenvalue weighted by Crippen LogP contribution is -2.29. The van der Waals surface area contributed by atoms with E-state index in [1.54, 1.807) is 29.2 Å². The standard InChI is InChI=1S/C22H23F3N2O2/c1-3-5-19(15-6-4-7-18(13-15)22(23,24)25)26-21(29)17-8-9-20-16(12-17)10-11-27(20)14(2)28/h4,6-9,12-13,19H,3,5,10-11H2,1-2H3,(H,26,29). The first-order chi connectivity index (χ1) is 13.7. The topological polar surface area (TPSA) is 49.4 Å². The molecule has 3 rings (SSSR count). The van der Waals surface area contributed by atoms with E-state index in [-0.39, 0.29) is 11.8 Å². The van der Waals surface area contributed by atoms with Crippen molar-refractivity contribution in [3.63, 3.8) is 0 Å². The minimum Gasteiger partial charge on any atom is -0.345 e. The fourth-order valence-corrected chi connectivity index (χ4v) is 3.65. The highest BCUT2D eigenvalue weighted by Crippen LogP contribution is 2.32. The Hall–Kier alpha value is -2.83. The summed E-state index contributed by atoms with van der Waals surface area (Å²) in [7, 11) is 0. The minimum absolute atomic E-state index is 0.0477. The Kier molecular flexibility index (Phi) is 5.96. The van der Waals surface area contributed by atoms with E-state index in [0.29, 0.717) is 36.9 Å². The average Bonchev–Trinajstić information content (AvgIpc) is 3.10. The Labute approximate surface area is 167 Å². The highest BCUT2D eigenvalue weighted by atomic mass is 19.4. The lowest BCUT2D eigenvalue weighted by molar-refractivity contribution is -0.137. The Morgan fingerprint density at radius 3 is 2.59 bits per heavy atom. The second-order valence-electron chi connectivity index (χ2n) is 7.20. The maximum absolute atomic E-state index is 13.0. The van der Waals surface area contributed by atoms with Crippen LogP contribution in [0.2, 0.25) is 0 Å². The fourth-order valence-electron chi connectivity index (χ4n) is 3.65. The van der Waals surface area contributed by atoms with E-state index in [1.165, 1.54) is 13.0 Å². The molecule has 0 bridgehead atoms. The number of anilines is 1. The Balaban J connectivity index is 1.82. The molecule has 0 saturated heterocycles. The van der Waals surface area contributed by atoms with Crippen molar-refractivity contribution < 1.29 is 22.8 Å². The zero-order valence-corrected chi connectivity index (χ0v) is 16.3. The first-order valence-electron chi connectivity index (χ1n) is 9.59. The van der Waals surface area contributed by atoms with Crippen molar-refractivity contribution in [2.45, 2.75) is 45.3 Å². The lowest BCUT2D eigenvalue weighted by Gasteiger charge is -2.20. The summed E-state index contributed by atoms with van der Waals surface area (Å²) in [6, 6.07) is 9.70. The SMILES string of the molecule is CCCC(NC(=O)c1ccc2c(c1)CCN2C(C)=O)c1cccc(C(F)(F)F)c1. The number of benzene rings is 2. The number of rotatable bonds is 5. The predicted octanol–water partition coefficient (Wildman–Crippen LogP) is 4.89. The van der Waals surface area contributed by atoms with E-state index in [2.05, 4.69) is 5.32 Å². The first kappa shape index (κ1) is 20.9. The van der Waals surface area contributed by atoms with Crippen LogP contribution in [0.15, 0.2) is 42.5 Å². The molecule has 0 saturated carbocycles. The van der Waals surface area contributed by atoms with E-state index in [4.69, 9.17) is 0 Å². The molecule has 1 N–H and O–H groups in total. The molecular formula is C22H23F3N2O2. The Morgan fingerprint density at radius 2 is 1.93 bits per heavy atom. The molecule has 0 fully saturated rings. The van der Waals surface area contributed by atoms with Gasteiger partial charge < -0.3 is 10.2 Å². The lowest BCUT2D eigenvalue weighted by atomic mass is 9.99. The number of fused-ring (bicyclic) bond motifs is 1. The molecule has 2 aromatic rings. The summed E-state index contributed by atoms with van der Waals surface area (Å²) in [4.78, 5) is 26.1. The normalized spacial score (nSPS) is 14.4. The highest BCUT2D eigenvalue weighted by Gasteiger charge is 2.31. The average molecular weight is 404 g/mol. The Bertz CT molecular complexity index is 925. The van der Waals surface area contributed by atoms with Crippen LogP contribution < -0.4 is 10.2 Å². The number of alkyl halides is 3. The van der Waals surface area contributed by atoms with Crippen LogP contribution in [0.1, 0.15) is 59.8 Å². The van der Waals surface area contributed by atoms with Crippen LogP contribution >= 0.6 is 0 Å². The molecule has 2 aromatic carbocycles. The largest absolute Gasteiger partial charge is 0.416 e. The van der Waals surface area contributed by atoms with Crippen molar-refractivity contribution in [3.05, 3.63) is 64.7 Å². The molecule has 1 atom stereocenters. The van der Waals surface area contributed by atoms with E-state index in [0.717, 1.165) is 23.4 Å². The number of nitrogens with one attached hydrogen (secondary N) is 1. The maximum Gasteiger partial charge on any atom is 0.416 e. The zero-order valence-electron chi connectivity index (χ0n) is 16.3. The number of carbonyl (C=O) groups excluding carboxylic acids is 2. The third kappa shape index (κ3) is 4.60. The molecule has 1 aliphatic heterocycles. The third-order valence-electron chi connectivity index (χ3n) is 5.12. The van der Waals surface area contributed by atoms with E-state index < -0.39 is 17.8 Å². The molecule has 1 unspecified atom stereocenters. The van der Waals surface area contributed by atoms with Gasteiger partial charge in [-0.1, -0.05) is 25.5 Å². The van der Waals surface area contributed by atoms with Crippen LogP contribution in [0, 0.1) is 0 Å². The van der Waals surface area contributed by atoms with Crippen molar-refractivity contribution in [2.75, 3.05) is 11.4 Å². The van der Waals surface area contributed by atoms with Crippen LogP contribution in [0.25, 0.3) is 0 Å². The molecule has 0 radical (unpaired) electrons. The molecule has 29 heavy (non-hydrogen) atoms. The van der Waals surface area contributed by atoms with Crippen LogP contribution in [-0.2, 0) is 17.4 Å². The number of hydrogen-bond donors (Lipinski definition) is 1. The smallest absolute Gasteiger partial charge is 0.345 e. The zero-order chi connectivity index (χ0) is 21.2. The summed E-state index contributed by atoms with van der Waals surface area (Å²) in [5, 5.41) is 2.87. The second kappa shape index (κ2) is 8.27. The molecule has 1 heterocycles. The summed E-state index contributed by atoms with van der Waals surface area (Å²) >= 11 is 0. The number of hydrogen-bond acceptors (Lipinski definition) is 2. The molecular weight excluding hydrogens is 381 g/mol. The number of nitrogens with zero attached hydrogens (tertiary/aromatic N) is 1. The molecule has 1 aliphatic rings. The molecule has 4 nitrogen and oxygen atoms in total. The maximum atomic E-state index is 13.0. The van der Waals surface area contributed by atoms with Crippen LogP contribution in [0.5, 0.6) is 0 Å². The van der Waals surface area contributed by atoms with Crippen molar-refractivity contribution >= 4 is 17.5 Å². The van der Waals surface area contributed by atoms with Gasteiger partial charge in [0.1, 0.15) is 0 Å².